The van der Waals surface area contributed by atoms with E-state index in [0.29, 0.717) is 5.56 Å². The van der Waals surface area contributed by atoms with Crippen LogP contribution in [-0.2, 0) is 4.74 Å². The number of hydrogen-bond donors (Lipinski definition) is 1. The first-order valence-electron chi connectivity index (χ1n) is 6.53. The summed E-state index contributed by atoms with van der Waals surface area (Å²) in [6.45, 7) is 0.0590. The molecule has 0 aliphatic heterocycles. The molecule has 0 aliphatic carbocycles. The van der Waals surface area contributed by atoms with Gasteiger partial charge in [-0.25, -0.2) is 8.78 Å². The maximum absolute atomic E-state index is 13.7. The molecule has 1 N–H and O–H groups in total. The van der Waals surface area contributed by atoms with E-state index in [-0.39, 0.29) is 17.1 Å². The fourth-order valence-electron chi connectivity index (χ4n) is 2.03. The number of ether oxygens (including phenoxy) is 1. The van der Waals surface area contributed by atoms with Crippen LogP contribution in [0.5, 0.6) is 0 Å². The summed E-state index contributed by atoms with van der Waals surface area (Å²) in [6.07, 6.45) is -0.551. The smallest absolute Gasteiger partial charge is 0.255 e. The van der Waals surface area contributed by atoms with Gasteiger partial charge < -0.3 is 10.1 Å². The van der Waals surface area contributed by atoms with Crippen molar-refractivity contribution in [2.75, 3.05) is 13.7 Å². The molecule has 0 aliphatic rings. The third-order valence-electron chi connectivity index (χ3n) is 3.14. The summed E-state index contributed by atoms with van der Waals surface area (Å²) in [7, 11) is 1.44. The van der Waals surface area contributed by atoms with Crippen LogP contribution in [0.15, 0.2) is 42.5 Å². The average Bonchev–Trinajstić information content (AvgIpc) is 2.48. The van der Waals surface area contributed by atoms with Crippen molar-refractivity contribution in [1.82, 2.24) is 5.32 Å². The molecule has 6 heteroatoms. The van der Waals surface area contributed by atoms with E-state index >= 15 is 0 Å². The van der Waals surface area contributed by atoms with Gasteiger partial charge in [0.2, 0.25) is 0 Å². The number of methoxy groups -OCH3 is 1. The highest BCUT2D eigenvalue weighted by Crippen LogP contribution is 2.20. The zero-order chi connectivity index (χ0) is 16.1. The number of rotatable bonds is 5. The maximum Gasteiger partial charge on any atom is 0.255 e. The van der Waals surface area contributed by atoms with Crippen LogP contribution >= 0.6 is 11.6 Å². The van der Waals surface area contributed by atoms with E-state index in [0.717, 1.165) is 6.07 Å². The Labute approximate surface area is 131 Å². The molecule has 1 amide bonds. The SMILES string of the molecule is CO[C@@H](CNC(=O)c1c(F)cccc1Cl)c1cccc(F)c1. The van der Waals surface area contributed by atoms with Gasteiger partial charge in [0.25, 0.3) is 5.91 Å². The van der Waals surface area contributed by atoms with Gasteiger partial charge in [-0.05, 0) is 29.8 Å². The van der Waals surface area contributed by atoms with Gasteiger partial charge in [-0.2, -0.15) is 0 Å². The largest absolute Gasteiger partial charge is 0.375 e. The topological polar surface area (TPSA) is 38.3 Å². The molecule has 2 rings (SSSR count). The summed E-state index contributed by atoms with van der Waals surface area (Å²) in [5.74, 6) is -1.76. The van der Waals surface area contributed by atoms with Crippen molar-refractivity contribution >= 4 is 17.5 Å². The zero-order valence-corrected chi connectivity index (χ0v) is 12.5. The Bertz CT molecular complexity index is 659. The summed E-state index contributed by atoms with van der Waals surface area (Å²) in [4.78, 5) is 12.0. The summed E-state index contributed by atoms with van der Waals surface area (Å²) >= 11 is 5.83. The second kappa shape index (κ2) is 7.33. The number of hydrogen-bond acceptors (Lipinski definition) is 2. The minimum atomic E-state index is -0.704. The summed E-state index contributed by atoms with van der Waals surface area (Å²) < 4.78 is 32.1. The average molecular weight is 326 g/mol. The second-order valence-corrected chi connectivity index (χ2v) is 4.99. The van der Waals surface area contributed by atoms with E-state index in [1.54, 1.807) is 12.1 Å². The molecule has 116 valence electrons. The van der Waals surface area contributed by atoms with Gasteiger partial charge in [0.15, 0.2) is 0 Å². The van der Waals surface area contributed by atoms with E-state index in [1.165, 1.54) is 31.4 Å². The molecule has 22 heavy (non-hydrogen) atoms. The van der Waals surface area contributed by atoms with Crippen LogP contribution in [0.3, 0.4) is 0 Å². The van der Waals surface area contributed by atoms with Gasteiger partial charge in [-0.15, -0.1) is 0 Å². The maximum atomic E-state index is 13.7. The number of amides is 1. The minimum absolute atomic E-state index is 0.0252. The Morgan fingerprint density at radius 2 is 2.00 bits per heavy atom. The van der Waals surface area contributed by atoms with E-state index in [4.69, 9.17) is 16.3 Å². The van der Waals surface area contributed by atoms with Crippen LogP contribution in [0.25, 0.3) is 0 Å². The van der Waals surface area contributed by atoms with Crippen molar-refractivity contribution in [3.63, 3.8) is 0 Å². The van der Waals surface area contributed by atoms with Crippen molar-refractivity contribution < 1.29 is 18.3 Å². The predicted octanol–water partition coefficient (Wildman–Crippen LogP) is 3.74. The van der Waals surface area contributed by atoms with Crippen LogP contribution in [0.4, 0.5) is 8.78 Å². The third-order valence-corrected chi connectivity index (χ3v) is 3.46. The first-order chi connectivity index (χ1) is 10.5. The minimum Gasteiger partial charge on any atom is -0.375 e. The first kappa shape index (κ1) is 16.4. The molecule has 0 unspecified atom stereocenters. The van der Waals surface area contributed by atoms with E-state index < -0.39 is 23.6 Å². The van der Waals surface area contributed by atoms with Gasteiger partial charge in [0, 0.05) is 13.7 Å². The fraction of sp³-hybridized carbons (Fsp3) is 0.188. The van der Waals surface area contributed by atoms with Crippen LogP contribution in [0.2, 0.25) is 5.02 Å². The molecular formula is C16H14ClF2NO2. The molecule has 0 saturated heterocycles. The molecular weight excluding hydrogens is 312 g/mol. The van der Waals surface area contributed by atoms with Crippen LogP contribution in [0, 0.1) is 11.6 Å². The van der Waals surface area contributed by atoms with Gasteiger partial charge in [0.05, 0.1) is 16.7 Å². The van der Waals surface area contributed by atoms with Gasteiger partial charge in [-0.3, -0.25) is 4.79 Å². The molecule has 0 radical (unpaired) electrons. The van der Waals surface area contributed by atoms with Crippen LogP contribution in [-0.4, -0.2) is 19.6 Å². The molecule has 1 atom stereocenters. The molecule has 0 fully saturated rings. The third kappa shape index (κ3) is 3.81. The summed E-state index contributed by atoms with van der Waals surface area (Å²) in [5, 5.41) is 2.56. The number of carbonyl (C=O) groups excluding carboxylic acids is 1. The molecule has 3 nitrogen and oxygen atoms in total. The quantitative estimate of drug-likeness (QED) is 0.909. The fourth-order valence-corrected chi connectivity index (χ4v) is 2.28. The monoisotopic (exact) mass is 325 g/mol. The van der Waals surface area contributed by atoms with Crippen molar-refractivity contribution in [2.45, 2.75) is 6.10 Å². The van der Waals surface area contributed by atoms with E-state index in [1.807, 2.05) is 0 Å². The van der Waals surface area contributed by atoms with Crippen molar-refractivity contribution in [2.24, 2.45) is 0 Å². The van der Waals surface area contributed by atoms with Crippen molar-refractivity contribution in [1.29, 1.82) is 0 Å². The second-order valence-electron chi connectivity index (χ2n) is 4.59. The predicted molar refractivity (Wildman–Crippen MR) is 79.9 cm³/mol. The normalized spacial score (nSPS) is 12.0. The zero-order valence-electron chi connectivity index (χ0n) is 11.8. The lowest BCUT2D eigenvalue weighted by atomic mass is 10.1. The molecule has 2 aromatic carbocycles. The summed E-state index contributed by atoms with van der Waals surface area (Å²) in [6, 6.07) is 9.86. The molecule has 0 aromatic heterocycles. The standard InChI is InChI=1S/C16H14ClF2NO2/c1-22-14(10-4-2-5-11(18)8-10)9-20-16(21)15-12(17)6-3-7-13(15)19/h2-8,14H,9H2,1H3,(H,20,21)/t14-/m0/s1. The Kier molecular flexibility index (Phi) is 5.46. The molecule has 0 spiro atoms. The lowest BCUT2D eigenvalue weighted by molar-refractivity contribution is 0.0824. The van der Waals surface area contributed by atoms with Crippen LogP contribution in [0.1, 0.15) is 22.0 Å². The highest BCUT2D eigenvalue weighted by molar-refractivity contribution is 6.33. The van der Waals surface area contributed by atoms with Gasteiger partial charge in [0.1, 0.15) is 11.6 Å². The Hall–Kier alpha value is -1.98. The van der Waals surface area contributed by atoms with E-state index in [2.05, 4.69) is 5.32 Å². The Balaban J connectivity index is 2.09. The highest BCUT2D eigenvalue weighted by Gasteiger charge is 2.18. The molecule has 0 saturated carbocycles. The molecule has 0 heterocycles. The Morgan fingerprint density at radius 1 is 1.27 bits per heavy atom. The van der Waals surface area contributed by atoms with Crippen molar-refractivity contribution in [3.8, 4) is 0 Å². The number of nitrogens with one attached hydrogen (secondary N) is 1. The number of benzene rings is 2. The Morgan fingerprint density at radius 3 is 2.64 bits per heavy atom. The van der Waals surface area contributed by atoms with E-state index in [9.17, 15) is 13.6 Å². The molecule has 0 bridgehead atoms. The molecule has 2 aromatic rings. The summed E-state index contributed by atoms with van der Waals surface area (Å²) in [5.41, 5.74) is 0.348. The first-order valence-corrected chi connectivity index (χ1v) is 6.91. The lowest BCUT2D eigenvalue weighted by Gasteiger charge is -2.17. The van der Waals surface area contributed by atoms with Gasteiger partial charge in [-0.1, -0.05) is 29.8 Å². The number of carbonyl (C=O) groups is 1. The van der Waals surface area contributed by atoms with Gasteiger partial charge >= 0.3 is 0 Å². The number of halogens is 3. The van der Waals surface area contributed by atoms with Crippen LogP contribution < -0.4 is 5.32 Å². The highest BCUT2D eigenvalue weighted by atomic mass is 35.5. The van der Waals surface area contributed by atoms with Crippen molar-refractivity contribution in [3.05, 3.63) is 70.2 Å². The lowest BCUT2D eigenvalue weighted by Crippen LogP contribution is -2.30.